The molecule has 4 aromatic rings. The second kappa shape index (κ2) is 8.88. The minimum Gasteiger partial charge on any atom is -0.423 e. The number of ketones is 1. The first-order chi connectivity index (χ1) is 18.3. The zero-order valence-electron chi connectivity index (χ0n) is 20.3. The van der Waals surface area contributed by atoms with Gasteiger partial charge in [-0.3, -0.25) is 18.7 Å². The van der Waals surface area contributed by atoms with E-state index in [0.717, 1.165) is 9.04 Å². The van der Waals surface area contributed by atoms with E-state index in [4.69, 9.17) is 9.73 Å². The fraction of sp³-hybridized carbons (Fsp3) is 0.138. The summed E-state index contributed by atoms with van der Waals surface area (Å²) in [6, 6.07) is 20.8. The predicted molar refractivity (Wildman–Crippen MR) is 145 cm³/mol. The average Bonchev–Trinajstić information content (AvgIpc) is 3.22. The van der Waals surface area contributed by atoms with Gasteiger partial charge in [-0.1, -0.05) is 52.3 Å². The third-order valence-corrected chi connectivity index (χ3v) is 7.64. The topological polar surface area (TPSA) is 99.7 Å². The Morgan fingerprint density at radius 1 is 0.842 bits per heavy atom. The van der Waals surface area contributed by atoms with Crippen LogP contribution in [0.1, 0.15) is 43.3 Å². The highest BCUT2D eigenvalue weighted by atomic mass is 79.9. The lowest BCUT2D eigenvalue weighted by molar-refractivity contribution is 0.0734. The molecule has 0 unspecified atom stereocenters. The van der Waals surface area contributed by atoms with E-state index in [1.807, 2.05) is 12.1 Å². The fourth-order valence-corrected chi connectivity index (χ4v) is 5.49. The summed E-state index contributed by atoms with van der Waals surface area (Å²) in [6.45, 7) is 0. The summed E-state index contributed by atoms with van der Waals surface area (Å²) < 4.78 is 8.76. The summed E-state index contributed by atoms with van der Waals surface area (Å²) in [5.41, 5.74) is 2.14. The standard InChI is InChI=1S/C29H20BrN3O5/c1-32-26-23(27(35)33(2)29(32)37)21(22-24(31-26)19-5-3-4-6-20(19)25(22)34)15-9-13-18(14-10-15)38-28(36)16-7-11-17(30)12-8-16/h3-14,21-22H,1-2H3/t21-,22+/m1/s1. The molecule has 0 bridgehead atoms. The largest absolute Gasteiger partial charge is 0.423 e. The number of esters is 1. The molecule has 0 N–H and O–H groups in total. The summed E-state index contributed by atoms with van der Waals surface area (Å²) in [5.74, 6) is -1.48. The highest BCUT2D eigenvalue weighted by Gasteiger charge is 2.47. The molecule has 3 aromatic carbocycles. The molecule has 6 rings (SSSR count). The Hall–Kier alpha value is -4.37. The number of rotatable bonds is 3. The van der Waals surface area contributed by atoms with Gasteiger partial charge in [0.2, 0.25) is 0 Å². The van der Waals surface area contributed by atoms with Crippen LogP contribution in [0.5, 0.6) is 5.75 Å². The van der Waals surface area contributed by atoms with Crippen LogP contribution in [0.3, 0.4) is 0 Å². The molecule has 2 aliphatic rings. The molecule has 0 spiro atoms. The van der Waals surface area contributed by atoms with Gasteiger partial charge in [-0.05, 0) is 42.0 Å². The van der Waals surface area contributed by atoms with Crippen molar-refractivity contribution in [3.05, 3.63) is 126 Å². The molecule has 2 atom stereocenters. The summed E-state index contributed by atoms with van der Waals surface area (Å²) in [6.07, 6.45) is 0. The highest BCUT2D eigenvalue weighted by molar-refractivity contribution is 9.10. The lowest BCUT2D eigenvalue weighted by atomic mass is 9.76. The monoisotopic (exact) mass is 569 g/mol. The van der Waals surface area contributed by atoms with Crippen LogP contribution in [0.2, 0.25) is 0 Å². The Labute approximate surface area is 225 Å². The molecule has 8 nitrogen and oxygen atoms in total. The molecule has 2 heterocycles. The maximum Gasteiger partial charge on any atom is 0.343 e. The number of halogens is 1. The second-order valence-electron chi connectivity index (χ2n) is 9.27. The zero-order valence-corrected chi connectivity index (χ0v) is 21.9. The number of benzene rings is 3. The van der Waals surface area contributed by atoms with Gasteiger partial charge in [-0.25, -0.2) is 14.6 Å². The van der Waals surface area contributed by atoms with Crippen LogP contribution >= 0.6 is 15.9 Å². The Bertz CT molecular complexity index is 1800. The van der Waals surface area contributed by atoms with Crippen LogP contribution in [0, 0.1) is 5.92 Å². The SMILES string of the molecule is Cn1c2c(c(=O)n(C)c1=O)[C@H](c1ccc(OC(=O)c3ccc(Br)cc3)cc1)[C@@H]1C(=O)c3ccccc3C1=N2. The summed E-state index contributed by atoms with van der Waals surface area (Å²) in [4.78, 5) is 57.1. The van der Waals surface area contributed by atoms with Crippen LogP contribution in [0.25, 0.3) is 0 Å². The van der Waals surface area contributed by atoms with Crippen molar-refractivity contribution in [3.63, 3.8) is 0 Å². The summed E-state index contributed by atoms with van der Waals surface area (Å²) in [7, 11) is 2.98. The molecule has 1 aliphatic carbocycles. The van der Waals surface area contributed by atoms with Crippen molar-refractivity contribution in [2.24, 2.45) is 25.0 Å². The number of nitrogens with zero attached hydrogens (tertiary/aromatic N) is 3. The van der Waals surface area contributed by atoms with Gasteiger partial charge in [0.1, 0.15) is 11.6 Å². The van der Waals surface area contributed by atoms with Crippen molar-refractivity contribution < 1.29 is 14.3 Å². The molecule has 1 aromatic heterocycles. The Kier molecular flexibility index (Phi) is 5.61. The van der Waals surface area contributed by atoms with Crippen LogP contribution in [-0.2, 0) is 14.1 Å². The average molecular weight is 570 g/mol. The molecule has 0 saturated carbocycles. The van der Waals surface area contributed by atoms with Crippen molar-refractivity contribution in [1.82, 2.24) is 9.13 Å². The van der Waals surface area contributed by atoms with Gasteiger partial charge in [0.25, 0.3) is 5.56 Å². The first kappa shape index (κ1) is 24.0. The van der Waals surface area contributed by atoms with Crippen LogP contribution in [0.4, 0.5) is 5.82 Å². The molecule has 0 fully saturated rings. The molecular weight excluding hydrogens is 550 g/mol. The first-order valence-electron chi connectivity index (χ1n) is 11.9. The van der Waals surface area contributed by atoms with Crippen LogP contribution in [-0.4, -0.2) is 26.6 Å². The maximum atomic E-state index is 13.6. The quantitative estimate of drug-likeness (QED) is 0.272. The van der Waals surface area contributed by atoms with Gasteiger partial charge in [-0.2, -0.15) is 0 Å². The van der Waals surface area contributed by atoms with Crippen molar-refractivity contribution in [3.8, 4) is 5.75 Å². The molecule has 0 radical (unpaired) electrons. The number of aliphatic imine (C=N–C) groups is 1. The molecule has 38 heavy (non-hydrogen) atoms. The second-order valence-corrected chi connectivity index (χ2v) is 10.2. The van der Waals surface area contributed by atoms with E-state index < -0.39 is 29.1 Å². The predicted octanol–water partition coefficient (Wildman–Crippen LogP) is 4.14. The molecule has 0 amide bonds. The lowest BCUT2D eigenvalue weighted by Gasteiger charge is -2.30. The maximum absolute atomic E-state index is 13.6. The van der Waals surface area contributed by atoms with E-state index in [2.05, 4.69) is 15.9 Å². The number of hydrogen-bond donors (Lipinski definition) is 0. The molecule has 0 saturated heterocycles. The minimum atomic E-state index is -0.721. The van der Waals surface area contributed by atoms with Gasteiger partial charge in [0.05, 0.1) is 22.8 Å². The van der Waals surface area contributed by atoms with Gasteiger partial charge >= 0.3 is 11.7 Å². The number of fused-ring (bicyclic) bond motifs is 4. The Morgan fingerprint density at radius 2 is 1.50 bits per heavy atom. The van der Waals surface area contributed by atoms with Crippen LogP contribution in [0.15, 0.2) is 91.9 Å². The van der Waals surface area contributed by atoms with E-state index in [1.165, 1.54) is 11.6 Å². The van der Waals surface area contributed by atoms with E-state index in [9.17, 15) is 19.2 Å². The smallest absolute Gasteiger partial charge is 0.343 e. The number of Topliss-reactive ketones (excluding diaryl/α,β-unsaturated/α-hetero) is 1. The van der Waals surface area contributed by atoms with E-state index in [0.29, 0.717) is 33.7 Å². The van der Waals surface area contributed by atoms with Gasteiger partial charge in [0.15, 0.2) is 5.78 Å². The van der Waals surface area contributed by atoms with Crippen molar-refractivity contribution in [1.29, 1.82) is 0 Å². The Balaban J connectivity index is 1.46. The molecular formula is C29H20BrN3O5. The van der Waals surface area contributed by atoms with Gasteiger partial charge in [-0.15, -0.1) is 0 Å². The molecule has 188 valence electrons. The number of carbonyl (C=O) groups excluding carboxylic acids is 2. The number of ether oxygens (including phenoxy) is 1. The fourth-order valence-electron chi connectivity index (χ4n) is 5.22. The van der Waals surface area contributed by atoms with Crippen molar-refractivity contribution in [2.75, 3.05) is 0 Å². The summed E-state index contributed by atoms with van der Waals surface area (Å²) >= 11 is 3.34. The van der Waals surface area contributed by atoms with E-state index in [1.54, 1.807) is 67.7 Å². The number of aromatic nitrogens is 2. The number of hydrogen-bond acceptors (Lipinski definition) is 6. The van der Waals surface area contributed by atoms with E-state index >= 15 is 0 Å². The third kappa shape index (κ3) is 3.61. The summed E-state index contributed by atoms with van der Waals surface area (Å²) in [5, 5.41) is 0. The van der Waals surface area contributed by atoms with Gasteiger partial charge in [0, 0.05) is 35.6 Å². The molecule has 9 heteroatoms. The normalized spacial score (nSPS) is 17.3. The van der Waals surface area contributed by atoms with Crippen molar-refractivity contribution in [2.45, 2.75) is 5.92 Å². The molecule has 1 aliphatic heterocycles. The first-order valence-corrected chi connectivity index (χ1v) is 12.7. The lowest BCUT2D eigenvalue weighted by Crippen LogP contribution is -2.43. The zero-order chi connectivity index (χ0) is 26.7. The minimum absolute atomic E-state index is 0.128. The highest BCUT2D eigenvalue weighted by Crippen LogP contribution is 2.46. The third-order valence-electron chi connectivity index (χ3n) is 7.11. The number of carbonyl (C=O) groups is 2. The van der Waals surface area contributed by atoms with Gasteiger partial charge < -0.3 is 4.74 Å². The Morgan fingerprint density at radius 3 is 2.18 bits per heavy atom. The van der Waals surface area contributed by atoms with Crippen LogP contribution < -0.4 is 16.0 Å². The van der Waals surface area contributed by atoms with E-state index in [-0.39, 0.29) is 17.2 Å². The van der Waals surface area contributed by atoms with Crippen molar-refractivity contribution >= 4 is 39.2 Å².